The topological polar surface area (TPSA) is 70.7 Å². The number of nitrogens with zero attached hydrogens (tertiary/aromatic N) is 1. The molecule has 1 fully saturated rings. The SMILES string of the molecule is CC1CN(CC(=O)NCC(=O)Nc2ccc(F)cc2)CC(C)O1. The molecular formula is C16H22FN3O3. The van der Waals surface area contributed by atoms with Crippen LogP contribution >= 0.6 is 0 Å². The molecule has 1 aliphatic rings. The zero-order chi connectivity index (χ0) is 16.8. The van der Waals surface area contributed by atoms with Crippen molar-refractivity contribution in [2.45, 2.75) is 26.1 Å². The molecule has 0 aliphatic carbocycles. The number of halogens is 1. The summed E-state index contributed by atoms with van der Waals surface area (Å²) in [7, 11) is 0. The summed E-state index contributed by atoms with van der Waals surface area (Å²) in [6.07, 6.45) is 0.182. The summed E-state index contributed by atoms with van der Waals surface area (Å²) >= 11 is 0. The Balaban J connectivity index is 1.71. The molecule has 2 unspecified atom stereocenters. The number of carbonyl (C=O) groups is 2. The molecule has 0 aromatic heterocycles. The second kappa shape index (κ2) is 8.03. The van der Waals surface area contributed by atoms with Crippen molar-refractivity contribution in [1.82, 2.24) is 10.2 Å². The van der Waals surface area contributed by atoms with Crippen LogP contribution in [0.2, 0.25) is 0 Å². The lowest BCUT2D eigenvalue weighted by atomic mass is 10.2. The molecule has 1 aromatic carbocycles. The minimum absolute atomic E-state index is 0.0910. The molecule has 23 heavy (non-hydrogen) atoms. The number of hydrogen-bond donors (Lipinski definition) is 2. The van der Waals surface area contributed by atoms with Crippen LogP contribution in [-0.4, -0.2) is 55.1 Å². The van der Waals surface area contributed by atoms with E-state index in [1.807, 2.05) is 18.7 Å². The lowest BCUT2D eigenvalue weighted by molar-refractivity contribution is -0.128. The third-order valence-electron chi connectivity index (χ3n) is 3.44. The van der Waals surface area contributed by atoms with Gasteiger partial charge in [-0.25, -0.2) is 4.39 Å². The van der Waals surface area contributed by atoms with Crippen molar-refractivity contribution in [3.8, 4) is 0 Å². The van der Waals surface area contributed by atoms with Gasteiger partial charge < -0.3 is 15.4 Å². The van der Waals surface area contributed by atoms with E-state index in [1.54, 1.807) is 0 Å². The molecule has 1 heterocycles. The number of nitrogens with one attached hydrogen (secondary N) is 2. The summed E-state index contributed by atoms with van der Waals surface area (Å²) in [4.78, 5) is 25.7. The minimum Gasteiger partial charge on any atom is -0.373 e. The highest BCUT2D eigenvalue weighted by Crippen LogP contribution is 2.10. The number of carbonyl (C=O) groups excluding carboxylic acids is 2. The van der Waals surface area contributed by atoms with E-state index in [9.17, 15) is 14.0 Å². The molecule has 2 rings (SSSR count). The first-order chi connectivity index (χ1) is 10.9. The van der Waals surface area contributed by atoms with E-state index in [-0.39, 0.29) is 42.9 Å². The Labute approximate surface area is 135 Å². The first kappa shape index (κ1) is 17.4. The molecular weight excluding hydrogens is 301 g/mol. The predicted octanol–water partition coefficient (Wildman–Crippen LogP) is 0.990. The average molecular weight is 323 g/mol. The number of hydrogen-bond acceptors (Lipinski definition) is 4. The molecule has 0 radical (unpaired) electrons. The van der Waals surface area contributed by atoms with Crippen LogP contribution in [0.5, 0.6) is 0 Å². The Bertz CT molecular complexity index is 540. The van der Waals surface area contributed by atoms with Crippen molar-refractivity contribution in [2.75, 3.05) is 31.5 Å². The van der Waals surface area contributed by atoms with Crippen LogP contribution in [0.25, 0.3) is 0 Å². The van der Waals surface area contributed by atoms with Crippen molar-refractivity contribution in [2.24, 2.45) is 0 Å². The highest BCUT2D eigenvalue weighted by atomic mass is 19.1. The van der Waals surface area contributed by atoms with E-state index in [1.165, 1.54) is 24.3 Å². The van der Waals surface area contributed by atoms with Gasteiger partial charge in [0.2, 0.25) is 11.8 Å². The fraction of sp³-hybridized carbons (Fsp3) is 0.500. The fourth-order valence-electron chi connectivity index (χ4n) is 2.59. The van der Waals surface area contributed by atoms with Gasteiger partial charge in [0.1, 0.15) is 5.82 Å². The molecule has 2 atom stereocenters. The summed E-state index contributed by atoms with van der Waals surface area (Å²) in [5.74, 6) is -0.931. The summed E-state index contributed by atoms with van der Waals surface area (Å²) in [6.45, 7) is 5.44. The third-order valence-corrected chi connectivity index (χ3v) is 3.44. The molecule has 0 saturated carbocycles. The van der Waals surface area contributed by atoms with E-state index in [4.69, 9.17) is 4.74 Å². The van der Waals surface area contributed by atoms with Gasteiger partial charge >= 0.3 is 0 Å². The molecule has 1 aromatic rings. The van der Waals surface area contributed by atoms with Gasteiger partial charge in [-0.15, -0.1) is 0 Å². The van der Waals surface area contributed by atoms with Crippen LogP contribution in [0.3, 0.4) is 0 Å². The molecule has 0 bridgehead atoms. The van der Waals surface area contributed by atoms with Gasteiger partial charge in [-0.1, -0.05) is 0 Å². The number of ether oxygens (including phenoxy) is 1. The number of anilines is 1. The van der Waals surface area contributed by atoms with Gasteiger partial charge in [-0.2, -0.15) is 0 Å². The quantitative estimate of drug-likeness (QED) is 0.848. The second-order valence-corrected chi connectivity index (χ2v) is 5.78. The Morgan fingerprint density at radius 2 is 1.78 bits per heavy atom. The van der Waals surface area contributed by atoms with Crippen LogP contribution in [0.1, 0.15) is 13.8 Å². The third kappa shape index (κ3) is 5.96. The molecule has 2 amide bonds. The maximum absolute atomic E-state index is 12.8. The fourth-order valence-corrected chi connectivity index (χ4v) is 2.59. The molecule has 1 aliphatic heterocycles. The van der Waals surface area contributed by atoms with Crippen LogP contribution in [-0.2, 0) is 14.3 Å². The van der Waals surface area contributed by atoms with Crippen molar-refractivity contribution in [3.63, 3.8) is 0 Å². The Hall–Kier alpha value is -1.99. The second-order valence-electron chi connectivity index (χ2n) is 5.78. The van der Waals surface area contributed by atoms with Gasteiger partial charge in [0.15, 0.2) is 0 Å². The number of benzene rings is 1. The first-order valence-corrected chi connectivity index (χ1v) is 7.62. The summed E-state index contributed by atoms with van der Waals surface area (Å²) in [6, 6.07) is 5.45. The first-order valence-electron chi connectivity index (χ1n) is 7.62. The average Bonchev–Trinajstić information content (AvgIpc) is 2.46. The lowest BCUT2D eigenvalue weighted by Gasteiger charge is -2.34. The van der Waals surface area contributed by atoms with Gasteiger partial charge in [0.05, 0.1) is 25.3 Å². The Kier molecular flexibility index (Phi) is 6.06. The van der Waals surface area contributed by atoms with E-state index >= 15 is 0 Å². The predicted molar refractivity (Wildman–Crippen MR) is 84.5 cm³/mol. The highest BCUT2D eigenvalue weighted by Gasteiger charge is 2.23. The molecule has 126 valence electrons. The number of morpholine rings is 1. The number of amides is 2. The Morgan fingerprint density at radius 1 is 1.17 bits per heavy atom. The lowest BCUT2D eigenvalue weighted by Crippen LogP contribution is -2.49. The van der Waals surface area contributed by atoms with E-state index < -0.39 is 0 Å². The summed E-state index contributed by atoms with van der Waals surface area (Å²) in [5, 5.41) is 5.17. The van der Waals surface area contributed by atoms with Gasteiger partial charge in [0, 0.05) is 18.8 Å². The molecule has 2 N–H and O–H groups in total. The van der Waals surface area contributed by atoms with Crippen molar-refractivity contribution >= 4 is 17.5 Å². The molecule has 6 nitrogen and oxygen atoms in total. The largest absolute Gasteiger partial charge is 0.373 e. The van der Waals surface area contributed by atoms with Crippen molar-refractivity contribution in [3.05, 3.63) is 30.1 Å². The van der Waals surface area contributed by atoms with E-state index in [0.717, 1.165) is 0 Å². The summed E-state index contributed by atoms with van der Waals surface area (Å²) < 4.78 is 18.4. The van der Waals surface area contributed by atoms with Crippen LogP contribution in [0.15, 0.2) is 24.3 Å². The van der Waals surface area contributed by atoms with Crippen LogP contribution in [0.4, 0.5) is 10.1 Å². The minimum atomic E-state index is -0.370. The number of rotatable bonds is 5. The maximum Gasteiger partial charge on any atom is 0.243 e. The normalized spacial score (nSPS) is 21.7. The monoisotopic (exact) mass is 323 g/mol. The molecule has 7 heteroatoms. The van der Waals surface area contributed by atoms with Crippen LogP contribution in [0, 0.1) is 5.82 Å². The van der Waals surface area contributed by atoms with Crippen LogP contribution < -0.4 is 10.6 Å². The van der Waals surface area contributed by atoms with Gasteiger partial charge in [-0.05, 0) is 38.1 Å². The highest BCUT2D eigenvalue weighted by molar-refractivity contribution is 5.94. The van der Waals surface area contributed by atoms with Crippen molar-refractivity contribution < 1.29 is 18.7 Å². The van der Waals surface area contributed by atoms with E-state index in [0.29, 0.717) is 18.8 Å². The maximum atomic E-state index is 12.8. The standard InChI is InChI=1S/C16H22FN3O3/c1-11-8-20(9-12(2)23-11)10-16(22)18-7-15(21)19-14-5-3-13(17)4-6-14/h3-6,11-12H,7-10H2,1-2H3,(H,18,22)(H,19,21). The van der Waals surface area contributed by atoms with Gasteiger partial charge in [-0.3, -0.25) is 14.5 Å². The molecule has 1 saturated heterocycles. The molecule has 0 spiro atoms. The smallest absolute Gasteiger partial charge is 0.243 e. The summed E-state index contributed by atoms with van der Waals surface area (Å²) in [5.41, 5.74) is 0.487. The zero-order valence-corrected chi connectivity index (χ0v) is 13.3. The zero-order valence-electron chi connectivity index (χ0n) is 13.3. The van der Waals surface area contributed by atoms with E-state index in [2.05, 4.69) is 10.6 Å². The van der Waals surface area contributed by atoms with Crippen molar-refractivity contribution in [1.29, 1.82) is 0 Å². The van der Waals surface area contributed by atoms with Gasteiger partial charge in [0.25, 0.3) is 0 Å². The Morgan fingerprint density at radius 3 is 2.39 bits per heavy atom.